The van der Waals surface area contributed by atoms with Crippen LogP contribution in [0.1, 0.15) is 30.9 Å². The number of hydrogen-bond acceptors (Lipinski definition) is 4. The lowest BCUT2D eigenvalue weighted by Gasteiger charge is -2.25. The number of halogens is 1. The Morgan fingerprint density at radius 1 is 1.40 bits per heavy atom. The zero-order chi connectivity index (χ0) is 14.0. The minimum Gasteiger partial charge on any atom is -0.493 e. The van der Waals surface area contributed by atoms with Crippen molar-refractivity contribution >= 4 is 0 Å². The molecular formula is C15H20FNO3. The first-order valence-electron chi connectivity index (χ1n) is 7.12. The van der Waals surface area contributed by atoms with Crippen LogP contribution in [0.2, 0.25) is 0 Å². The second kappa shape index (κ2) is 5.68. The normalized spacial score (nSPS) is 29.6. The van der Waals surface area contributed by atoms with E-state index in [0.717, 1.165) is 18.4 Å². The Bertz CT molecular complexity index is 474. The first kappa shape index (κ1) is 13.8. The number of rotatable bonds is 3. The zero-order valence-electron chi connectivity index (χ0n) is 11.4. The summed E-state index contributed by atoms with van der Waals surface area (Å²) in [5, 5.41) is 13.7. The van der Waals surface area contributed by atoms with Crippen LogP contribution in [0.3, 0.4) is 0 Å². The molecule has 0 aromatic heterocycles. The van der Waals surface area contributed by atoms with E-state index >= 15 is 0 Å². The molecule has 0 radical (unpaired) electrons. The summed E-state index contributed by atoms with van der Waals surface area (Å²) < 4.78 is 24.1. The van der Waals surface area contributed by atoms with Crippen molar-refractivity contribution in [2.45, 2.75) is 30.9 Å². The third kappa shape index (κ3) is 2.95. The van der Waals surface area contributed by atoms with Crippen molar-refractivity contribution in [2.24, 2.45) is 0 Å². The second-order valence-corrected chi connectivity index (χ2v) is 5.63. The van der Waals surface area contributed by atoms with Crippen LogP contribution in [-0.2, 0) is 4.74 Å². The molecule has 3 rings (SSSR count). The largest absolute Gasteiger partial charge is 0.493 e. The van der Waals surface area contributed by atoms with Gasteiger partial charge in [0.25, 0.3) is 0 Å². The van der Waals surface area contributed by atoms with Crippen molar-refractivity contribution in [1.29, 1.82) is 0 Å². The van der Waals surface area contributed by atoms with E-state index in [1.165, 1.54) is 12.1 Å². The summed E-state index contributed by atoms with van der Waals surface area (Å²) >= 11 is 0. The molecule has 2 aliphatic rings. The standard InChI is InChI=1S/C15H20FNO3/c16-11-3-4-12-13(2-1-6-20-14(12)8-11)17-9-15(18)5-7-19-10-15/h3-4,8,13,17-18H,1-2,5-7,9-10H2/t13-,15-/m1/s1. The van der Waals surface area contributed by atoms with E-state index in [2.05, 4.69) is 5.32 Å². The Morgan fingerprint density at radius 3 is 3.10 bits per heavy atom. The van der Waals surface area contributed by atoms with E-state index in [1.807, 2.05) is 0 Å². The predicted octanol–water partition coefficient (Wildman–Crippen LogP) is 1.78. The Balaban J connectivity index is 1.73. The van der Waals surface area contributed by atoms with Gasteiger partial charge in [0, 0.05) is 37.2 Å². The van der Waals surface area contributed by atoms with Gasteiger partial charge in [0.1, 0.15) is 17.2 Å². The molecule has 0 aliphatic carbocycles. The van der Waals surface area contributed by atoms with Crippen molar-refractivity contribution in [3.8, 4) is 5.75 Å². The minimum atomic E-state index is -0.784. The lowest BCUT2D eigenvalue weighted by molar-refractivity contribution is 0.0245. The summed E-state index contributed by atoms with van der Waals surface area (Å²) in [6.45, 7) is 2.06. The molecule has 110 valence electrons. The number of benzene rings is 1. The highest BCUT2D eigenvalue weighted by Gasteiger charge is 2.33. The van der Waals surface area contributed by atoms with Crippen molar-refractivity contribution in [3.63, 3.8) is 0 Å². The van der Waals surface area contributed by atoms with Gasteiger partial charge in [-0.05, 0) is 18.9 Å². The van der Waals surface area contributed by atoms with E-state index in [9.17, 15) is 9.50 Å². The van der Waals surface area contributed by atoms with E-state index in [0.29, 0.717) is 38.5 Å². The average molecular weight is 281 g/mol. The summed E-state index contributed by atoms with van der Waals surface area (Å²) in [5.41, 5.74) is 0.180. The lowest BCUT2D eigenvalue weighted by atomic mass is 9.99. The van der Waals surface area contributed by atoms with E-state index < -0.39 is 5.60 Å². The number of nitrogens with one attached hydrogen (secondary N) is 1. The highest BCUT2D eigenvalue weighted by molar-refractivity contribution is 5.37. The Hall–Kier alpha value is -1.17. The molecule has 5 heteroatoms. The number of aliphatic hydroxyl groups is 1. The quantitative estimate of drug-likeness (QED) is 0.887. The van der Waals surface area contributed by atoms with Crippen molar-refractivity contribution in [2.75, 3.05) is 26.4 Å². The molecule has 4 nitrogen and oxygen atoms in total. The molecule has 0 bridgehead atoms. The van der Waals surface area contributed by atoms with Gasteiger partial charge >= 0.3 is 0 Å². The van der Waals surface area contributed by atoms with Crippen LogP contribution in [0.4, 0.5) is 4.39 Å². The van der Waals surface area contributed by atoms with Gasteiger partial charge in [-0.1, -0.05) is 6.07 Å². The molecule has 2 heterocycles. The van der Waals surface area contributed by atoms with Gasteiger partial charge in [-0.25, -0.2) is 4.39 Å². The molecule has 1 saturated heterocycles. The van der Waals surface area contributed by atoms with Crippen molar-refractivity contribution < 1.29 is 19.0 Å². The van der Waals surface area contributed by atoms with Gasteiger partial charge in [-0.3, -0.25) is 0 Å². The Morgan fingerprint density at radius 2 is 2.30 bits per heavy atom. The molecule has 1 aromatic rings. The summed E-state index contributed by atoms with van der Waals surface area (Å²) in [6.07, 6.45) is 2.47. The molecular weight excluding hydrogens is 261 g/mol. The monoisotopic (exact) mass is 281 g/mol. The van der Waals surface area contributed by atoms with Crippen LogP contribution in [-0.4, -0.2) is 37.1 Å². The fourth-order valence-electron chi connectivity index (χ4n) is 2.81. The molecule has 20 heavy (non-hydrogen) atoms. The first-order valence-corrected chi connectivity index (χ1v) is 7.12. The van der Waals surface area contributed by atoms with Crippen molar-refractivity contribution in [1.82, 2.24) is 5.32 Å². The lowest BCUT2D eigenvalue weighted by Crippen LogP contribution is -2.42. The van der Waals surface area contributed by atoms with E-state index in [1.54, 1.807) is 6.07 Å². The van der Waals surface area contributed by atoms with E-state index in [4.69, 9.17) is 9.47 Å². The minimum absolute atomic E-state index is 0.0812. The fourth-order valence-corrected chi connectivity index (χ4v) is 2.81. The van der Waals surface area contributed by atoms with Crippen LogP contribution < -0.4 is 10.1 Å². The van der Waals surface area contributed by atoms with Crippen LogP contribution in [0.5, 0.6) is 5.75 Å². The molecule has 1 fully saturated rings. The van der Waals surface area contributed by atoms with Gasteiger partial charge in [-0.15, -0.1) is 0 Å². The molecule has 2 N–H and O–H groups in total. The SMILES string of the molecule is O[C@@]1(CN[C@@H]2CCCOc3cc(F)ccc32)CCOC1. The summed E-state index contributed by atoms with van der Waals surface area (Å²) in [7, 11) is 0. The van der Waals surface area contributed by atoms with Crippen LogP contribution in [0.25, 0.3) is 0 Å². The molecule has 2 aliphatic heterocycles. The maximum absolute atomic E-state index is 13.3. The third-order valence-electron chi connectivity index (χ3n) is 4.01. The van der Waals surface area contributed by atoms with Crippen LogP contribution in [0.15, 0.2) is 18.2 Å². The number of fused-ring (bicyclic) bond motifs is 1. The van der Waals surface area contributed by atoms with Crippen molar-refractivity contribution in [3.05, 3.63) is 29.6 Å². The van der Waals surface area contributed by atoms with Gasteiger partial charge in [0.2, 0.25) is 0 Å². The Labute approximate surface area is 117 Å². The third-order valence-corrected chi connectivity index (χ3v) is 4.01. The van der Waals surface area contributed by atoms with Crippen LogP contribution >= 0.6 is 0 Å². The molecule has 0 spiro atoms. The summed E-state index contributed by atoms with van der Waals surface area (Å²) in [4.78, 5) is 0. The van der Waals surface area contributed by atoms with Gasteiger partial charge in [0.05, 0.1) is 13.2 Å². The molecule has 0 saturated carbocycles. The average Bonchev–Trinajstić information content (AvgIpc) is 2.76. The van der Waals surface area contributed by atoms with Gasteiger partial charge in [0.15, 0.2) is 0 Å². The molecule has 0 amide bonds. The number of hydrogen-bond donors (Lipinski definition) is 2. The maximum atomic E-state index is 13.3. The second-order valence-electron chi connectivity index (χ2n) is 5.63. The first-order chi connectivity index (χ1) is 9.66. The maximum Gasteiger partial charge on any atom is 0.126 e. The summed E-state index contributed by atoms with van der Waals surface area (Å²) in [5.74, 6) is 0.321. The summed E-state index contributed by atoms with van der Waals surface area (Å²) in [6, 6.07) is 4.74. The number of ether oxygens (including phenoxy) is 2. The van der Waals surface area contributed by atoms with E-state index in [-0.39, 0.29) is 11.9 Å². The highest BCUT2D eigenvalue weighted by atomic mass is 19.1. The zero-order valence-corrected chi connectivity index (χ0v) is 11.4. The predicted molar refractivity (Wildman–Crippen MR) is 72.3 cm³/mol. The van der Waals surface area contributed by atoms with Gasteiger partial charge < -0.3 is 19.9 Å². The highest BCUT2D eigenvalue weighted by Crippen LogP contribution is 2.32. The Kier molecular flexibility index (Phi) is 3.92. The topological polar surface area (TPSA) is 50.7 Å². The van der Waals surface area contributed by atoms with Gasteiger partial charge in [-0.2, -0.15) is 0 Å². The molecule has 2 atom stereocenters. The molecule has 0 unspecified atom stereocenters. The fraction of sp³-hybridized carbons (Fsp3) is 0.600. The molecule has 1 aromatic carbocycles. The smallest absolute Gasteiger partial charge is 0.126 e. The van der Waals surface area contributed by atoms with Crippen LogP contribution in [0, 0.1) is 5.82 Å².